The highest BCUT2D eigenvalue weighted by Gasteiger charge is 2.31. The van der Waals surface area contributed by atoms with Gasteiger partial charge in [-0.2, -0.15) is 9.78 Å². The summed E-state index contributed by atoms with van der Waals surface area (Å²) in [6.07, 6.45) is 5.78. The molecule has 1 amide bonds. The number of amides is 1. The van der Waals surface area contributed by atoms with Crippen LogP contribution in [-0.2, 0) is 17.6 Å². The van der Waals surface area contributed by atoms with Crippen molar-refractivity contribution >= 4 is 23.3 Å². The van der Waals surface area contributed by atoms with Crippen molar-refractivity contribution in [3.63, 3.8) is 0 Å². The van der Waals surface area contributed by atoms with Crippen molar-refractivity contribution in [1.29, 1.82) is 0 Å². The number of hydrogen-bond donors (Lipinski definition) is 2. The van der Waals surface area contributed by atoms with Crippen molar-refractivity contribution in [2.45, 2.75) is 58.3 Å². The van der Waals surface area contributed by atoms with Gasteiger partial charge in [0.05, 0.1) is 16.8 Å². The molecule has 7 nitrogen and oxygen atoms in total. The number of anilines is 1. The topological polar surface area (TPSA) is 92.7 Å². The molecule has 0 bridgehead atoms. The Morgan fingerprint density at radius 1 is 1.37 bits per heavy atom. The molecule has 2 aliphatic carbocycles. The van der Waals surface area contributed by atoms with Crippen LogP contribution in [0.4, 0.5) is 5.82 Å². The summed E-state index contributed by atoms with van der Waals surface area (Å²) >= 11 is 5.93. The van der Waals surface area contributed by atoms with E-state index in [2.05, 4.69) is 20.4 Å². The highest BCUT2D eigenvalue weighted by atomic mass is 35.5. The van der Waals surface area contributed by atoms with Crippen LogP contribution in [0.5, 0.6) is 0 Å². The van der Waals surface area contributed by atoms with E-state index in [4.69, 9.17) is 11.6 Å². The number of alkyl halides is 1. The Balaban J connectivity index is 1.75. The van der Waals surface area contributed by atoms with Gasteiger partial charge in [0.15, 0.2) is 0 Å². The number of carbonyl (C=O) groups is 1. The standard InChI is InChI=1S/C19H24ClN5O2/c1-19(2,10-20)17(27)22-15-9-14(11-7-8-11)24-25(15)18-21-13-6-4-3-5-12(13)16(26)23-18/h9,11H,3-8,10H2,1-2H3,(H,22,27)(H,21,23,26). The van der Waals surface area contributed by atoms with Crippen LogP contribution in [-0.4, -0.2) is 31.5 Å². The molecule has 0 unspecified atom stereocenters. The highest BCUT2D eigenvalue weighted by molar-refractivity contribution is 6.20. The molecule has 2 aliphatic rings. The molecule has 1 saturated carbocycles. The summed E-state index contributed by atoms with van der Waals surface area (Å²) in [6, 6.07) is 1.87. The van der Waals surface area contributed by atoms with E-state index in [0.29, 0.717) is 17.7 Å². The Bertz CT molecular complexity index is 942. The van der Waals surface area contributed by atoms with Gasteiger partial charge >= 0.3 is 0 Å². The van der Waals surface area contributed by atoms with E-state index in [1.165, 1.54) is 0 Å². The largest absolute Gasteiger partial charge is 0.310 e. The second-order valence-corrected chi connectivity index (χ2v) is 8.40. The van der Waals surface area contributed by atoms with E-state index < -0.39 is 5.41 Å². The summed E-state index contributed by atoms with van der Waals surface area (Å²) in [4.78, 5) is 32.6. The lowest BCUT2D eigenvalue weighted by atomic mass is 9.95. The van der Waals surface area contributed by atoms with Gasteiger partial charge in [0.2, 0.25) is 11.9 Å². The maximum atomic E-state index is 12.6. The normalized spacial score (nSPS) is 16.9. The fourth-order valence-electron chi connectivity index (χ4n) is 3.27. The van der Waals surface area contributed by atoms with Gasteiger partial charge < -0.3 is 5.32 Å². The molecule has 0 saturated heterocycles. The van der Waals surface area contributed by atoms with Crippen LogP contribution < -0.4 is 10.9 Å². The number of aromatic nitrogens is 4. The molecule has 4 rings (SSSR count). The molecular weight excluding hydrogens is 366 g/mol. The molecule has 0 aliphatic heterocycles. The highest BCUT2D eigenvalue weighted by Crippen LogP contribution is 2.40. The molecule has 8 heteroatoms. The number of hydrogen-bond acceptors (Lipinski definition) is 4. The average molecular weight is 390 g/mol. The first-order chi connectivity index (χ1) is 12.9. The number of carbonyl (C=O) groups excluding carboxylic acids is 1. The predicted octanol–water partition coefficient (Wildman–Crippen LogP) is 2.92. The average Bonchev–Trinajstić information content (AvgIpc) is 3.42. The number of aromatic amines is 1. The Labute approximate surface area is 162 Å². The van der Waals surface area contributed by atoms with E-state index in [1.54, 1.807) is 18.5 Å². The van der Waals surface area contributed by atoms with Crippen LogP contribution in [0.15, 0.2) is 10.9 Å². The number of aryl methyl sites for hydroxylation is 1. The van der Waals surface area contributed by atoms with Crippen LogP contribution in [0.2, 0.25) is 0 Å². The second kappa shape index (κ2) is 6.78. The maximum absolute atomic E-state index is 12.6. The van der Waals surface area contributed by atoms with E-state index in [1.807, 2.05) is 6.07 Å². The number of halogens is 1. The number of fused-ring (bicyclic) bond motifs is 1. The molecule has 0 aromatic carbocycles. The van der Waals surface area contributed by atoms with Gasteiger partial charge in [0.25, 0.3) is 5.56 Å². The Morgan fingerprint density at radius 2 is 2.11 bits per heavy atom. The molecule has 1 fully saturated rings. The molecule has 0 radical (unpaired) electrons. The minimum absolute atomic E-state index is 0.114. The minimum Gasteiger partial charge on any atom is -0.310 e. The predicted molar refractivity (Wildman–Crippen MR) is 104 cm³/mol. The minimum atomic E-state index is -0.715. The summed E-state index contributed by atoms with van der Waals surface area (Å²) in [5, 5.41) is 7.55. The SMILES string of the molecule is CC(C)(CCl)C(=O)Nc1cc(C2CC2)nn1-c1nc2c(c(=O)[nH]1)CCCC2. The lowest BCUT2D eigenvalue weighted by Crippen LogP contribution is -2.33. The molecule has 2 N–H and O–H groups in total. The molecule has 2 aromatic rings. The summed E-state index contributed by atoms with van der Waals surface area (Å²) in [5.74, 6) is 1.29. The van der Waals surface area contributed by atoms with E-state index >= 15 is 0 Å². The zero-order valence-corrected chi connectivity index (χ0v) is 16.4. The molecule has 144 valence electrons. The summed E-state index contributed by atoms with van der Waals surface area (Å²) in [6.45, 7) is 3.58. The third-order valence-corrected chi connectivity index (χ3v) is 5.96. The molecule has 27 heavy (non-hydrogen) atoms. The summed E-state index contributed by atoms with van der Waals surface area (Å²) < 4.78 is 1.55. The van der Waals surface area contributed by atoms with Crippen molar-refractivity contribution < 1.29 is 4.79 Å². The molecule has 0 atom stereocenters. The van der Waals surface area contributed by atoms with Crippen molar-refractivity contribution in [1.82, 2.24) is 19.7 Å². The van der Waals surface area contributed by atoms with Crippen LogP contribution in [0.3, 0.4) is 0 Å². The molecule has 2 aromatic heterocycles. The van der Waals surface area contributed by atoms with E-state index in [9.17, 15) is 9.59 Å². The first-order valence-corrected chi connectivity index (χ1v) is 10.0. The van der Waals surface area contributed by atoms with Crippen molar-refractivity contribution in [2.24, 2.45) is 5.41 Å². The number of nitrogens with one attached hydrogen (secondary N) is 2. The van der Waals surface area contributed by atoms with Gasteiger partial charge in [-0.3, -0.25) is 14.6 Å². The molecule has 2 heterocycles. The van der Waals surface area contributed by atoms with Gasteiger partial charge in [-0.1, -0.05) is 0 Å². The van der Waals surface area contributed by atoms with Gasteiger partial charge in [0, 0.05) is 23.4 Å². The van der Waals surface area contributed by atoms with Crippen molar-refractivity contribution in [3.05, 3.63) is 33.4 Å². The van der Waals surface area contributed by atoms with Crippen molar-refractivity contribution in [3.8, 4) is 5.95 Å². The Kier molecular flexibility index (Phi) is 4.58. The van der Waals surface area contributed by atoms with Gasteiger partial charge in [-0.25, -0.2) is 4.98 Å². The van der Waals surface area contributed by atoms with Gasteiger partial charge in [-0.05, 0) is 52.4 Å². The Hall–Kier alpha value is -2.15. The van der Waals surface area contributed by atoms with Crippen LogP contribution in [0.25, 0.3) is 5.95 Å². The fraction of sp³-hybridized carbons (Fsp3) is 0.579. The first-order valence-electron chi connectivity index (χ1n) is 9.49. The second-order valence-electron chi connectivity index (χ2n) is 8.13. The van der Waals surface area contributed by atoms with Crippen molar-refractivity contribution in [2.75, 3.05) is 11.2 Å². The third kappa shape index (κ3) is 3.52. The third-order valence-electron chi connectivity index (χ3n) is 5.29. The smallest absolute Gasteiger partial charge is 0.255 e. The zero-order valence-electron chi connectivity index (χ0n) is 15.6. The first kappa shape index (κ1) is 18.2. The number of H-pyrrole nitrogens is 1. The lowest BCUT2D eigenvalue weighted by Gasteiger charge is -2.20. The maximum Gasteiger partial charge on any atom is 0.255 e. The van der Waals surface area contributed by atoms with E-state index in [0.717, 1.165) is 55.5 Å². The Morgan fingerprint density at radius 3 is 2.81 bits per heavy atom. The monoisotopic (exact) mass is 389 g/mol. The molecule has 0 spiro atoms. The van der Waals surface area contributed by atoms with E-state index in [-0.39, 0.29) is 17.3 Å². The number of nitrogens with zero attached hydrogens (tertiary/aromatic N) is 3. The summed E-state index contributed by atoms with van der Waals surface area (Å²) in [7, 11) is 0. The van der Waals surface area contributed by atoms with Crippen LogP contribution >= 0.6 is 11.6 Å². The zero-order chi connectivity index (χ0) is 19.2. The van der Waals surface area contributed by atoms with Gasteiger partial charge in [-0.15, -0.1) is 11.6 Å². The summed E-state index contributed by atoms with van der Waals surface area (Å²) in [5.41, 5.74) is 1.69. The van der Waals surface area contributed by atoms with Crippen LogP contribution in [0, 0.1) is 5.41 Å². The number of rotatable bonds is 5. The van der Waals surface area contributed by atoms with Crippen LogP contribution in [0.1, 0.15) is 62.4 Å². The molecular formula is C19H24ClN5O2. The quantitative estimate of drug-likeness (QED) is 0.769. The fourth-order valence-corrected chi connectivity index (χ4v) is 3.39. The van der Waals surface area contributed by atoms with Gasteiger partial charge in [0.1, 0.15) is 5.82 Å². The lowest BCUT2D eigenvalue weighted by molar-refractivity contribution is -0.123.